The van der Waals surface area contributed by atoms with Gasteiger partial charge in [0.05, 0.1) is 18.4 Å². The molecule has 0 bridgehead atoms. The fourth-order valence-electron chi connectivity index (χ4n) is 2.38. The van der Waals surface area contributed by atoms with E-state index >= 15 is 0 Å². The Bertz CT molecular complexity index is 595. The summed E-state index contributed by atoms with van der Waals surface area (Å²) in [5.74, 6) is 1.71. The van der Waals surface area contributed by atoms with Crippen LogP contribution in [0.5, 0.6) is 0 Å². The van der Waals surface area contributed by atoms with E-state index in [1.165, 1.54) is 0 Å². The second-order valence-electron chi connectivity index (χ2n) is 4.98. The predicted molar refractivity (Wildman–Crippen MR) is 74.7 cm³/mol. The van der Waals surface area contributed by atoms with Crippen molar-refractivity contribution < 1.29 is 13.6 Å². The number of hydrogen-bond donors (Lipinski definition) is 1. The van der Waals surface area contributed by atoms with Gasteiger partial charge in [-0.1, -0.05) is 12.2 Å². The van der Waals surface area contributed by atoms with Crippen LogP contribution in [0.4, 0.5) is 0 Å². The van der Waals surface area contributed by atoms with Crippen LogP contribution in [-0.2, 0) is 11.3 Å². The molecule has 0 aliphatic heterocycles. The molecule has 0 fully saturated rings. The van der Waals surface area contributed by atoms with E-state index in [0.29, 0.717) is 6.54 Å². The summed E-state index contributed by atoms with van der Waals surface area (Å²) >= 11 is 0. The van der Waals surface area contributed by atoms with E-state index in [-0.39, 0.29) is 11.8 Å². The van der Waals surface area contributed by atoms with Crippen LogP contribution in [0.25, 0.3) is 11.3 Å². The largest absolute Gasteiger partial charge is 0.472 e. The second-order valence-corrected chi connectivity index (χ2v) is 4.98. The van der Waals surface area contributed by atoms with Crippen molar-refractivity contribution in [3.63, 3.8) is 0 Å². The maximum absolute atomic E-state index is 12.0. The number of rotatable bonds is 4. The monoisotopic (exact) mass is 271 g/mol. The van der Waals surface area contributed by atoms with Gasteiger partial charge in [0, 0.05) is 5.92 Å². The summed E-state index contributed by atoms with van der Waals surface area (Å²) in [5.41, 5.74) is 0.903. The normalized spacial score (nSPS) is 18.1. The van der Waals surface area contributed by atoms with Crippen molar-refractivity contribution in [1.82, 2.24) is 5.32 Å². The van der Waals surface area contributed by atoms with E-state index in [0.717, 1.165) is 36.3 Å². The summed E-state index contributed by atoms with van der Waals surface area (Å²) in [4.78, 5) is 12.0. The van der Waals surface area contributed by atoms with Gasteiger partial charge in [-0.25, -0.2) is 0 Å². The number of carbonyl (C=O) groups excluding carboxylic acids is 1. The highest BCUT2D eigenvalue weighted by atomic mass is 16.3. The van der Waals surface area contributed by atoms with Crippen molar-refractivity contribution >= 4 is 5.91 Å². The molecule has 3 rings (SSSR count). The quantitative estimate of drug-likeness (QED) is 0.866. The molecule has 2 aromatic heterocycles. The standard InChI is InChI=1S/C16H17NO3/c18-16(12-4-2-1-3-5-12)17-10-14-6-7-15(20-14)13-8-9-19-11-13/h1-2,6-9,11-12H,3-5,10H2,(H,17,18). The van der Waals surface area contributed by atoms with Gasteiger partial charge in [-0.05, 0) is 37.5 Å². The summed E-state index contributed by atoms with van der Waals surface area (Å²) in [6, 6.07) is 5.61. The van der Waals surface area contributed by atoms with Crippen molar-refractivity contribution in [3.8, 4) is 11.3 Å². The molecule has 1 unspecified atom stereocenters. The highest BCUT2D eigenvalue weighted by molar-refractivity contribution is 5.78. The van der Waals surface area contributed by atoms with Crippen LogP contribution in [0.2, 0.25) is 0 Å². The Hall–Kier alpha value is -2.23. The number of hydrogen-bond acceptors (Lipinski definition) is 3. The van der Waals surface area contributed by atoms with E-state index in [1.807, 2.05) is 18.2 Å². The lowest BCUT2D eigenvalue weighted by Crippen LogP contribution is -2.30. The molecule has 0 aromatic carbocycles. The topological polar surface area (TPSA) is 55.4 Å². The molecular weight excluding hydrogens is 254 g/mol. The number of carbonyl (C=O) groups is 1. The summed E-state index contributed by atoms with van der Waals surface area (Å²) in [5, 5.41) is 2.94. The molecule has 20 heavy (non-hydrogen) atoms. The van der Waals surface area contributed by atoms with Gasteiger partial charge in [-0.3, -0.25) is 4.79 Å². The van der Waals surface area contributed by atoms with Gasteiger partial charge in [0.25, 0.3) is 0 Å². The van der Waals surface area contributed by atoms with Crippen LogP contribution in [0.1, 0.15) is 25.0 Å². The van der Waals surface area contributed by atoms with E-state index in [2.05, 4.69) is 17.5 Å². The Morgan fingerprint density at radius 1 is 1.30 bits per heavy atom. The average molecular weight is 271 g/mol. The van der Waals surface area contributed by atoms with Gasteiger partial charge in [0.15, 0.2) is 0 Å². The first-order chi connectivity index (χ1) is 9.83. The average Bonchev–Trinajstić information content (AvgIpc) is 3.16. The Morgan fingerprint density at radius 2 is 2.25 bits per heavy atom. The number of furan rings is 2. The number of nitrogens with one attached hydrogen (secondary N) is 1. The summed E-state index contributed by atoms with van der Waals surface area (Å²) in [7, 11) is 0. The number of amides is 1. The molecule has 0 saturated carbocycles. The van der Waals surface area contributed by atoms with E-state index < -0.39 is 0 Å². The highest BCUT2D eigenvalue weighted by Gasteiger charge is 2.18. The molecule has 0 saturated heterocycles. The van der Waals surface area contributed by atoms with Crippen LogP contribution in [0, 0.1) is 5.92 Å². The third kappa shape index (κ3) is 2.85. The molecule has 1 atom stereocenters. The van der Waals surface area contributed by atoms with Crippen LogP contribution in [-0.4, -0.2) is 5.91 Å². The molecule has 1 aliphatic rings. The van der Waals surface area contributed by atoms with Gasteiger partial charge in [-0.2, -0.15) is 0 Å². The zero-order valence-electron chi connectivity index (χ0n) is 11.2. The van der Waals surface area contributed by atoms with Gasteiger partial charge >= 0.3 is 0 Å². The smallest absolute Gasteiger partial charge is 0.223 e. The number of allylic oxidation sites excluding steroid dienone is 2. The molecule has 1 amide bonds. The molecular formula is C16H17NO3. The maximum Gasteiger partial charge on any atom is 0.223 e. The summed E-state index contributed by atoms with van der Waals surface area (Å²) < 4.78 is 10.7. The van der Waals surface area contributed by atoms with Crippen molar-refractivity contribution in [2.45, 2.75) is 25.8 Å². The third-order valence-corrected chi connectivity index (χ3v) is 3.54. The zero-order chi connectivity index (χ0) is 13.8. The van der Waals surface area contributed by atoms with Crippen LogP contribution in [0.3, 0.4) is 0 Å². The van der Waals surface area contributed by atoms with Gasteiger partial charge in [-0.15, -0.1) is 0 Å². The fraction of sp³-hybridized carbons (Fsp3) is 0.312. The molecule has 2 heterocycles. The molecule has 1 aliphatic carbocycles. The SMILES string of the molecule is O=C(NCc1ccc(-c2ccoc2)o1)C1CC=CCC1. The lowest BCUT2D eigenvalue weighted by molar-refractivity contribution is -0.125. The Balaban J connectivity index is 1.56. The fourth-order valence-corrected chi connectivity index (χ4v) is 2.38. The molecule has 2 aromatic rings. The summed E-state index contributed by atoms with van der Waals surface area (Å²) in [6.45, 7) is 0.427. The Labute approximate surface area is 117 Å². The minimum Gasteiger partial charge on any atom is -0.472 e. The van der Waals surface area contributed by atoms with Crippen molar-refractivity contribution in [3.05, 3.63) is 48.6 Å². The van der Waals surface area contributed by atoms with Crippen molar-refractivity contribution in [1.29, 1.82) is 0 Å². The molecule has 0 spiro atoms. The first-order valence-corrected chi connectivity index (χ1v) is 6.87. The first-order valence-electron chi connectivity index (χ1n) is 6.87. The molecule has 104 valence electrons. The minimum absolute atomic E-state index is 0.100. The minimum atomic E-state index is 0.100. The van der Waals surface area contributed by atoms with Gasteiger partial charge in [0.2, 0.25) is 5.91 Å². The van der Waals surface area contributed by atoms with E-state index in [9.17, 15) is 4.79 Å². The lowest BCUT2D eigenvalue weighted by atomic mass is 9.94. The van der Waals surface area contributed by atoms with Crippen molar-refractivity contribution in [2.75, 3.05) is 0 Å². The summed E-state index contributed by atoms with van der Waals surface area (Å²) in [6.07, 6.45) is 10.2. The highest BCUT2D eigenvalue weighted by Crippen LogP contribution is 2.23. The lowest BCUT2D eigenvalue weighted by Gasteiger charge is -2.16. The van der Waals surface area contributed by atoms with E-state index in [4.69, 9.17) is 8.83 Å². The molecule has 1 N–H and O–H groups in total. The third-order valence-electron chi connectivity index (χ3n) is 3.54. The molecule has 0 radical (unpaired) electrons. The van der Waals surface area contributed by atoms with Crippen LogP contribution < -0.4 is 5.32 Å². The van der Waals surface area contributed by atoms with Crippen LogP contribution in [0.15, 0.2) is 51.7 Å². The van der Waals surface area contributed by atoms with Crippen LogP contribution >= 0.6 is 0 Å². The maximum atomic E-state index is 12.0. The zero-order valence-corrected chi connectivity index (χ0v) is 11.2. The van der Waals surface area contributed by atoms with Gasteiger partial charge in [0.1, 0.15) is 17.8 Å². The first kappa shape index (κ1) is 12.8. The molecule has 4 heteroatoms. The predicted octanol–water partition coefficient (Wildman–Crippen LogP) is 3.51. The van der Waals surface area contributed by atoms with Crippen molar-refractivity contribution in [2.24, 2.45) is 5.92 Å². The second kappa shape index (κ2) is 5.82. The van der Waals surface area contributed by atoms with Gasteiger partial charge < -0.3 is 14.2 Å². The van der Waals surface area contributed by atoms with E-state index in [1.54, 1.807) is 12.5 Å². The Kier molecular flexibility index (Phi) is 3.72. The Morgan fingerprint density at radius 3 is 3.00 bits per heavy atom. The molecule has 4 nitrogen and oxygen atoms in total.